The second kappa shape index (κ2) is 6.12. The molecule has 120 valence electrons. The van der Waals surface area contributed by atoms with Crippen LogP contribution in [0.2, 0.25) is 0 Å². The zero-order chi connectivity index (χ0) is 15.7. The van der Waals surface area contributed by atoms with Crippen LogP contribution in [-0.4, -0.2) is 58.3 Å². The molecule has 3 heterocycles. The fourth-order valence-electron chi connectivity index (χ4n) is 3.77. The van der Waals surface area contributed by atoms with E-state index in [0.717, 1.165) is 50.9 Å². The van der Waals surface area contributed by atoms with Gasteiger partial charge in [-0.25, -0.2) is 0 Å². The van der Waals surface area contributed by atoms with Gasteiger partial charge in [-0.1, -0.05) is 0 Å². The molecule has 1 atom stereocenters. The standard InChI is InChI=1S/C16H24N4O2/c1-11-4-7-18-14(11)16(22)19-9-5-12(6-10-19)20-8-2-3-13(20)15(17)21/h4,7,12-13,18H,2-3,5-6,8-10H2,1H3,(H2,17,21). The van der Waals surface area contributed by atoms with Crippen molar-refractivity contribution in [1.82, 2.24) is 14.8 Å². The van der Waals surface area contributed by atoms with E-state index in [0.29, 0.717) is 11.7 Å². The van der Waals surface area contributed by atoms with Crippen LogP contribution >= 0.6 is 0 Å². The molecular weight excluding hydrogens is 280 g/mol. The minimum absolute atomic E-state index is 0.0776. The number of aromatic nitrogens is 1. The third-order valence-corrected chi connectivity index (χ3v) is 5.01. The van der Waals surface area contributed by atoms with E-state index in [1.165, 1.54) is 0 Å². The molecule has 0 aliphatic carbocycles. The minimum Gasteiger partial charge on any atom is -0.368 e. The molecule has 3 N–H and O–H groups in total. The van der Waals surface area contributed by atoms with Crippen molar-refractivity contribution in [2.75, 3.05) is 19.6 Å². The van der Waals surface area contributed by atoms with Gasteiger partial charge in [-0.15, -0.1) is 0 Å². The number of carbonyl (C=O) groups is 2. The smallest absolute Gasteiger partial charge is 0.270 e. The van der Waals surface area contributed by atoms with Crippen LogP contribution < -0.4 is 5.73 Å². The van der Waals surface area contributed by atoms with Gasteiger partial charge in [-0.3, -0.25) is 14.5 Å². The molecule has 1 unspecified atom stereocenters. The van der Waals surface area contributed by atoms with Crippen LogP contribution in [0.25, 0.3) is 0 Å². The minimum atomic E-state index is -0.210. The Labute approximate surface area is 130 Å². The number of H-pyrrole nitrogens is 1. The maximum atomic E-state index is 12.5. The summed E-state index contributed by atoms with van der Waals surface area (Å²) in [4.78, 5) is 31.2. The molecule has 1 aromatic heterocycles. The Bertz CT molecular complexity index is 560. The fourth-order valence-corrected chi connectivity index (χ4v) is 3.77. The molecule has 2 saturated heterocycles. The molecule has 22 heavy (non-hydrogen) atoms. The molecule has 2 aliphatic rings. The number of likely N-dealkylation sites (tertiary alicyclic amines) is 2. The molecule has 2 fully saturated rings. The number of amides is 2. The lowest BCUT2D eigenvalue weighted by atomic mass is 10.0. The van der Waals surface area contributed by atoms with E-state index in [4.69, 9.17) is 5.73 Å². The van der Waals surface area contributed by atoms with Crippen LogP contribution in [0.3, 0.4) is 0 Å². The van der Waals surface area contributed by atoms with Crippen LogP contribution in [0.1, 0.15) is 41.7 Å². The number of nitrogens with one attached hydrogen (secondary N) is 1. The number of hydrogen-bond acceptors (Lipinski definition) is 3. The third kappa shape index (κ3) is 2.75. The number of nitrogens with zero attached hydrogens (tertiary/aromatic N) is 2. The molecule has 2 aliphatic heterocycles. The molecule has 6 heteroatoms. The summed E-state index contributed by atoms with van der Waals surface area (Å²) < 4.78 is 0. The second-order valence-corrected chi connectivity index (χ2v) is 6.36. The second-order valence-electron chi connectivity index (χ2n) is 6.36. The fraction of sp³-hybridized carbons (Fsp3) is 0.625. The average Bonchev–Trinajstić information content (AvgIpc) is 3.15. The van der Waals surface area contributed by atoms with E-state index in [-0.39, 0.29) is 17.9 Å². The Morgan fingerprint density at radius 2 is 1.95 bits per heavy atom. The van der Waals surface area contributed by atoms with Gasteiger partial charge in [0.1, 0.15) is 5.69 Å². The first kappa shape index (κ1) is 15.1. The van der Waals surface area contributed by atoms with E-state index in [2.05, 4.69) is 9.88 Å². The van der Waals surface area contributed by atoms with Crippen molar-refractivity contribution in [2.45, 2.75) is 44.7 Å². The van der Waals surface area contributed by atoms with Gasteiger partial charge >= 0.3 is 0 Å². The molecule has 0 aromatic carbocycles. The summed E-state index contributed by atoms with van der Waals surface area (Å²) in [5, 5.41) is 0. The number of primary amides is 1. The monoisotopic (exact) mass is 304 g/mol. The summed E-state index contributed by atoms with van der Waals surface area (Å²) in [6.07, 6.45) is 5.53. The summed E-state index contributed by atoms with van der Waals surface area (Å²) in [5.74, 6) is -0.133. The summed E-state index contributed by atoms with van der Waals surface area (Å²) in [5.41, 5.74) is 7.18. The first-order valence-electron chi connectivity index (χ1n) is 8.06. The van der Waals surface area contributed by atoms with Crippen LogP contribution in [0.4, 0.5) is 0 Å². The van der Waals surface area contributed by atoms with Gasteiger partial charge in [0.05, 0.1) is 6.04 Å². The predicted molar refractivity (Wildman–Crippen MR) is 83.4 cm³/mol. The highest BCUT2D eigenvalue weighted by Crippen LogP contribution is 2.26. The molecule has 0 bridgehead atoms. The highest BCUT2D eigenvalue weighted by atomic mass is 16.2. The van der Waals surface area contributed by atoms with E-state index in [1.54, 1.807) is 6.20 Å². The van der Waals surface area contributed by atoms with E-state index in [9.17, 15) is 9.59 Å². The SMILES string of the molecule is Cc1cc[nH]c1C(=O)N1CCC(N2CCCC2C(N)=O)CC1. The highest BCUT2D eigenvalue weighted by molar-refractivity contribution is 5.93. The number of aromatic amines is 1. The van der Waals surface area contributed by atoms with Crippen LogP contribution in [-0.2, 0) is 4.79 Å². The number of carbonyl (C=O) groups excluding carboxylic acids is 2. The lowest BCUT2D eigenvalue weighted by molar-refractivity contribution is -0.123. The maximum absolute atomic E-state index is 12.5. The lowest BCUT2D eigenvalue weighted by Crippen LogP contribution is -2.51. The molecule has 6 nitrogen and oxygen atoms in total. The van der Waals surface area contributed by atoms with Gasteiger partial charge in [0, 0.05) is 25.3 Å². The zero-order valence-electron chi connectivity index (χ0n) is 13.0. The number of piperidine rings is 1. The van der Waals surface area contributed by atoms with Gasteiger partial charge in [0.25, 0.3) is 5.91 Å². The quantitative estimate of drug-likeness (QED) is 0.869. The number of nitrogens with two attached hydrogens (primary N) is 1. The Morgan fingerprint density at radius 3 is 2.55 bits per heavy atom. The van der Waals surface area contributed by atoms with Gasteiger partial charge in [-0.2, -0.15) is 0 Å². The molecule has 0 spiro atoms. The van der Waals surface area contributed by atoms with Gasteiger partial charge in [0.15, 0.2) is 0 Å². The summed E-state index contributed by atoms with van der Waals surface area (Å²) in [7, 11) is 0. The van der Waals surface area contributed by atoms with E-state index < -0.39 is 0 Å². The predicted octanol–water partition coefficient (Wildman–Crippen LogP) is 0.877. The van der Waals surface area contributed by atoms with Crippen molar-refractivity contribution < 1.29 is 9.59 Å². The molecule has 0 saturated carbocycles. The molecular formula is C16H24N4O2. The van der Waals surface area contributed by atoms with E-state index in [1.807, 2.05) is 17.9 Å². The molecule has 3 rings (SSSR count). The maximum Gasteiger partial charge on any atom is 0.270 e. The third-order valence-electron chi connectivity index (χ3n) is 5.01. The Morgan fingerprint density at radius 1 is 1.23 bits per heavy atom. The molecule has 0 radical (unpaired) electrons. The Balaban J connectivity index is 1.60. The summed E-state index contributed by atoms with van der Waals surface area (Å²) >= 11 is 0. The first-order valence-corrected chi connectivity index (χ1v) is 8.06. The largest absolute Gasteiger partial charge is 0.368 e. The summed E-state index contributed by atoms with van der Waals surface area (Å²) in [6, 6.07) is 2.17. The van der Waals surface area contributed by atoms with Crippen molar-refractivity contribution in [1.29, 1.82) is 0 Å². The molecule has 1 aromatic rings. The normalized spacial score (nSPS) is 23.9. The van der Waals surface area contributed by atoms with Crippen LogP contribution in [0.5, 0.6) is 0 Å². The van der Waals surface area contributed by atoms with Gasteiger partial charge in [-0.05, 0) is 50.8 Å². The van der Waals surface area contributed by atoms with Crippen molar-refractivity contribution in [3.63, 3.8) is 0 Å². The zero-order valence-corrected chi connectivity index (χ0v) is 13.0. The number of hydrogen-bond donors (Lipinski definition) is 2. The molecule has 2 amide bonds. The average molecular weight is 304 g/mol. The summed E-state index contributed by atoms with van der Waals surface area (Å²) in [6.45, 7) is 4.37. The number of aryl methyl sites for hydroxylation is 1. The van der Waals surface area contributed by atoms with Crippen LogP contribution in [0, 0.1) is 6.92 Å². The van der Waals surface area contributed by atoms with Crippen molar-refractivity contribution in [2.24, 2.45) is 5.73 Å². The van der Waals surface area contributed by atoms with Crippen molar-refractivity contribution >= 4 is 11.8 Å². The Hall–Kier alpha value is -1.82. The van der Waals surface area contributed by atoms with Crippen LogP contribution in [0.15, 0.2) is 12.3 Å². The van der Waals surface area contributed by atoms with E-state index >= 15 is 0 Å². The first-order chi connectivity index (χ1) is 10.6. The van der Waals surface area contributed by atoms with Gasteiger partial charge in [0.2, 0.25) is 5.91 Å². The van der Waals surface area contributed by atoms with Crippen molar-refractivity contribution in [3.05, 3.63) is 23.5 Å². The lowest BCUT2D eigenvalue weighted by Gasteiger charge is -2.38. The van der Waals surface area contributed by atoms with Crippen molar-refractivity contribution in [3.8, 4) is 0 Å². The number of rotatable bonds is 3. The highest BCUT2D eigenvalue weighted by Gasteiger charge is 2.36. The van der Waals surface area contributed by atoms with Gasteiger partial charge < -0.3 is 15.6 Å². The topological polar surface area (TPSA) is 82.4 Å². The Kier molecular flexibility index (Phi) is 4.20.